The predicted molar refractivity (Wildman–Crippen MR) is 86.8 cm³/mol. The second-order valence-electron chi connectivity index (χ2n) is 5.48. The smallest absolute Gasteiger partial charge is 0.213 e. The molecule has 0 saturated carbocycles. The molecule has 0 spiro atoms. The first-order valence-corrected chi connectivity index (χ1v) is 7.92. The first kappa shape index (κ1) is 14.7. The van der Waals surface area contributed by atoms with Gasteiger partial charge in [-0.15, -0.1) is 0 Å². The van der Waals surface area contributed by atoms with Crippen molar-refractivity contribution in [3.05, 3.63) is 35.0 Å². The van der Waals surface area contributed by atoms with E-state index in [0.717, 1.165) is 34.0 Å². The van der Waals surface area contributed by atoms with E-state index in [4.69, 9.17) is 4.74 Å². The fourth-order valence-corrected chi connectivity index (χ4v) is 3.41. The van der Waals surface area contributed by atoms with Gasteiger partial charge in [0.25, 0.3) is 0 Å². The van der Waals surface area contributed by atoms with Crippen LogP contribution in [0.25, 0.3) is 16.2 Å². The van der Waals surface area contributed by atoms with Gasteiger partial charge in [-0.2, -0.15) is 9.61 Å². The number of aldehydes is 1. The molecule has 0 unspecified atom stereocenters. The standard InChI is InChI=1S/C16H17N3O2S/c1-10(2)8-14-18-19-13(9-20)15(17-16(19)22-14)11-4-6-12(21-3)7-5-11/h4-7,9-10H,8H2,1-3H3. The Balaban J connectivity index is 2.05. The summed E-state index contributed by atoms with van der Waals surface area (Å²) in [6, 6.07) is 7.50. The van der Waals surface area contributed by atoms with Crippen molar-refractivity contribution in [3.8, 4) is 17.0 Å². The summed E-state index contributed by atoms with van der Waals surface area (Å²) >= 11 is 1.54. The maximum absolute atomic E-state index is 11.5. The van der Waals surface area contributed by atoms with Crippen molar-refractivity contribution in [3.63, 3.8) is 0 Å². The second-order valence-corrected chi connectivity index (χ2v) is 6.52. The Labute approximate surface area is 132 Å². The molecule has 2 heterocycles. The van der Waals surface area contributed by atoms with E-state index in [2.05, 4.69) is 23.9 Å². The Hall–Kier alpha value is -2.21. The molecule has 114 valence electrons. The highest BCUT2D eigenvalue weighted by Crippen LogP contribution is 2.28. The summed E-state index contributed by atoms with van der Waals surface area (Å²) in [7, 11) is 1.62. The lowest BCUT2D eigenvalue weighted by molar-refractivity contribution is 0.111. The highest BCUT2D eigenvalue weighted by atomic mass is 32.1. The fraction of sp³-hybridized carbons (Fsp3) is 0.312. The number of hydrogen-bond donors (Lipinski definition) is 0. The minimum atomic E-state index is 0.492. The number of carbonyl (C=O) groups excluding carboxylic acids is 1. The first-order valence-electron chi connectivity index (χ1n) is 7.10. The number of nitrogens with zero attached hydrogens (tertiary/aromatic N) is 3. The zero-order chi connectivity index (χ0) is 15.7. The lowest BCUT2D eigenvalue weighted by Crippen LogP contribution is -1.98. The summed E-state index contributed by atoms with van der Waals surface area (Å²) in [5.41, 5.74) is 2.03. The maximum atomic E-state index is 11.5. The van der Waals surface area contributed by atoms with Crippen LogP contribution < -0.4 is 4.74 Å². The van der Waals surface area contributed by atoms with Crippen molar-refractivity contribution in [2.45, 2.75) is 20.3 Å². The zero-order valence-corrected chi connectivity index (χ0v) is 13.6. The number of hydrogen-bond acceptors (Lipinski definition) is 5. The van der Waals surface area contributed by atoms with E-state index in [1.54, 1.807) is 11.6 Å². The van der Waals surface area contributed by atoms with E-state index in [0.29, 0.717) is 17.3 Å². The molecule has 5 nitrogen and oxygen atoms in total. The van der Waals surface area contributed by atoms with Crippen molar-refractivity contribution in [1.82, 2.24) is 14.6 Å². The normalized spacial score (nSPS) is 11.3. The van der Waals surface area contributed by atoms with Gasteiger partial charge in [-0.1, -0.05) is 25.2 Å². The van der Waals surface area contributed by atoms with Gasteiger partial charge in [0.1, 0.15) is 22.1 Å². The van der Waals surface area contributed by atoms with E-state index < -0.39 is 0 Å². The number of imidazole rings is 1. The summed E-state index contributed by atoms with van der Waals surface area (Å²) in [6.07, 6.45) is 1.71. The first-order chi connectivity index (χ1) is 10.6. The highest BCUT2D eigenvalue weighted by Gasteiger charge is 2.17. The van der Waals surface area contributed by atoms with Crippen LogP contribution in [-0.4, -0.2) is 28.0 Å². The van der Waals surface area contributed by atoms with E-state index in [9.17, 15) is 4.79 Å². The molecular formula is C16H17N3O2S. The summed E-state index contributed by atoms with van der Waals surface area (Å²) in [5, 5.41) is 5.52. The topological polar surface area (TPSA) is 56.5 Å². The molecule has 3 rings (SSSR count). The van der Waals surface area contributed by atoms with Gasteiger partial charge in [0, 0.05) is 12.0 Å². The molecule has 22 heavy (non-hydrogen) atoms. The molecule has 0 bridgehead atoms. The molecular weight excluding hydrogens is 298 g/mol. The molecule has 0 aliphatic heterocycles. The van der Waals surface area contributed by atoms with Gasteiger partial charge in [-0.05, 0) is 30.2 Å². The number of carbonyl (C=O) groups is 1. The van der Waals surface area contributed by atoms with E-state index in [1.165, 1.54) is 11.3 Å². The SMILES string of the molecule is COc1ccc(-c2nc3sc(CC(C)C)nn3c2C=O)cc1. The van der Waals surface area contributed by atoms with Gasteiger partial charge in [-0.3, -0.25) is 4.79 Å². The van der Waals surface area contributed by atoms with Gasteiger partial charge < -0.3 is 4.74 Å². The predicted octanol–water partition coefficient (Wildman–Crippen LogP) is 3.48. The van der Waals surface area contributed by atoms with Crippen LogP contribution in [0.2, 0.25) is 0 Å². The average molecular weight is 315 g/mol. The largest absolute Gasteiger partial charge is 0.497 e. The monoisotopic (exact) mass is 315 g/mol. The van der Waals surface area contributed by atoms with Crippen LogP contribution in [0, 0.1) is 5.92 Å². The molecule has 0 saturated heterocycles. The van der Waals surface area contributed by atoms with Crippen LogP contribution in [0.1, 0.15) is 29.3 Å². The Morgan fingerprint density at radius 3 is 2.64 bits per heavy atom. The molecule has 3 aromatic rings. The van der Waals surface area contributed by atoms with Crippen molar-refractivity contribution < 1.29 is 9.53 Å². The van der Waals surface area contributed by atoms with Crippen molar-refractivity contribution in [1.29, 1.82) is 0 Å². The molecule has 0 aliphatic rings. The molecule has 1 aromatic carbocycles. The molecule has 2 aromatic heterocycles. The molecule has 0 fully saturated rings. The van der Waals surface area contributed by atoms with Crippen molar-refractivity contribution in [2.24, 2.45) is 5.92 Å². The van der Waals surface area contributed by atoms with E-state index >= 15 is 0 Å². The lowest BCUT2D eigenvalue weighted by Gasteiger charge is -2.02. The Bertz CT molecular complexity index is 803. The van der Waals surface area contributed by atoms with Gasteiger partial charge in [0.2, 0.25) is 4.96 Å². The molecule has 6 heteroatoms. The minimum Gasteiger partial charge on any atom is -0.497 e. The minimum absolute atomic E-state index is 0.492. The molecule has 0 aliphatic carbocycles. The zero-order valence-electron chi connectivity index (χ0n) is 12.7. The summed E-state index contributed by atoms with van der Waals surface area (Å²) in [5.74, 6) is 1.30. The summed E-state index contributed by atoms with van der Waals surface area (Å²) < 4.78 is 6.80. The van der Waals surface area contributed by atoms with Crippen LogP contribution in [0.15, 0.2) is 24.3 Å². The third-order valence-electron chi connectivity index (χ3n) is 3.34. The van der Waals surface area contributed by atoms with Gasteiger partial charge >= 0.3 is 0 Å². The van der Waals surface area contributed by atoms with E-state index in [-0.39, 0.29) is 0 Å². The summed E-state index contributed by atoms with van der Waals surface area (Å²) in [6.45, 7) is 4.29. The average Bonchev–Trinajstić information content (AvgIpc) is 3.03. The van der Waals surface area contributed by atoms with Crippen LogP contribution in [-0.2, 0) is 6.42 Å². The lowest BCUT2D eigenvalue weighted by atomic mass is 10.1. The number of aromatic nitrogens is 3. The van der Waals surface area contributed by atoms with E-state index in [1.807, 2.05) is 24.3 Å². The van der Waals surface area contributed by atoms with Gasteiger partial charge in [-0.25, -0.2) is 4.98 Å². The van der Waals surface area contributed by atoms with Gasteiger partial charge in [0.05, 0.1) is 7.11 Å². The van der Waals surface area contributed by atoms with Crippen LogP contribution in [0.4, 0.5) is 0 Å². The Kier molecular flexibility index (Phi) is 3.94. The van der Waals surface area contributed by atoms with Crippen LogP contribution >= 0.6 is 11.3 Å². The third kappa shape index (κ3) is 2.62. The number of rotatable bonds is 5. The Morgan fingerprint density at radius 2 is 2.05 bits per heavy atom. The molecule has 0 amide bonds. The number of ether oxygens (including phenoxy) is 1. The van der Waals surface area contributed by atoms with Crippen molar-refractivity contribution in [2.75, 3.05) is 7.11 Å². The third-order valence-corrected chi connectivity index (χ3v) is 4.27. The highest BCUT2D eigenvalue weighted by molar-refractivity contribution is 7.16. The van der Waals surface area contributed by atoms with Crippen molar-refractivity contribution >= 4 is 22.6 Å². The number of methoxy groups -OCH3 is 1. The van der Waals surface area contributed by atoms with Crippen LogP contribution in [0.3, 0.4) is 0 Å². The summed E-state index contributed by atoms with van der Waals surface area (Å²) in [4.78, 5) is 16.8. The second kappa shape index (κ2) is 5.88. The number of fused-ring (bicyclic) bond motifs is 1. The van der Waals surface area contributed by atoms with Gasteiger partial charge in [0.15, 0.2) is 6.29 Å². The molecule has 0 atom stereocenters. The maximum Gasteiger partial charge on any atom is 0.213 e. The Morgan fingerprint density at radius 1 is 1.32 bits per heavy atom. The number of benzene rings is 1. The molecule has 0 N–H and O–H groups in total. The van der Waals surface area contributed by atoms with Crippen LogP contribution in [0.5, 0.6) is 5.75 Å². The fourth-order valence-electron chi connectivity index (χ4n) is 2.30. The quantitative estimate of drug-likeness (QED) is 0.676. The molecule has 0 radical (unpaired) electrons.